The van der Waals surface area contributed by atoms with E-state index in [4.69, 9.17) is 14.2 Å². The Bertz CT molecular complexity index is 626. The molecular formula is C28H47NO5. The second kappa shape index (κ2) is 20.5. The van der Waals surface area contributed by atoms with Crippen LogP contribution < -0.4 is 0 Å². The van der Waals surface area contributed by atoms with Gasteiger partial charge in [-0.1, -0.05) is 62.6 Å². The maximum atomic E-state index is 12.0. The highest BCUT2D eigenvalue weighted by molar-refractivity contribution is 5.69. The molecule has 1 fully saturated rings. The van der Waals surface area contributed by atoms with Crippen LogP contribution >= 0.6 is 0 Å². The molecule has 1 heterocycles. The normalized spacial score (nSPS) is 18.6. The molecule has 1 saturated heterocycles. The van der Waals surface area contributed by atoms with Gasteiger partial charge in [-0.2, -0.15) is 0 Å². The monoisotopic (exact) mass is 477 g/mol. The number of rotatable bonds is 19. The minimum Gasteiger partial charge on any atom is -0.463 e. The summed E-state index contributed by atoms with van der Waals surface area (Å²) in [4.78, 5) is 25.7. The summed E-state index contributed by atoms with van der Waals surface area (Å²) in [5.74, 6) is -0.424. The molecule has 1 aliphatic rings. The van der Waals surface area contributed by atoms with Crippen molar-refractivity contribution in [2.45, 2.75) is 103 Å². The highest BCUT2D eigenvalue weighted by atomic mass is 16.7. The Hall–Kier alpha value is -1.92. The van der Waals surface area contributed by atoms with Crippen molar-refractivity contribution in [1.29, 1.82) is 0 Å². The number of allylic oxidation sites excluding steroid dienone is 6. The smallest absolute Gasteiger partial charge is 0.308 e. The molecule has 0 unspecified atom stereocenters. The van der Waals surface area contributed by atoms with E-state index in [1.54, 1.807) is 0 Å². The van der Waals surface area contributed by atoms with Crippen molar-refractivity contribution in [3.8, 4) is 0 Å². The van der Waals surface area contributed by atoms with Crippen LogP contribution in [0.1, 0.15) is 90.4 Å². The molecule has 6 heteroatoms. The number of nitrogens with zero attached hydrogens (tertiary/aromatic N) is 1. The van der Waals surface area contributed by atoms with Gasteiger partial charge in [0, 0.05) is 19.4 Å². The first kappa shape index (κ1) is 30.1. The molecule has 2 atom stereocenters. The number of carbonyl (C=O) groups excluding carboxylic acids is 2. The first-order chi connectivity index (χ1) is 16.5. The maximum Gasteiger partial charge on any atom is 0.308 e. The lowest BCUT2D eigenvalue weighted by atomic mass is 10.1. The Balaban J connectivity index is 1.95. The SMILES string of the molecule is CC/C=C\C/C=C\C/C=C\CCCCCCCC(=O)O[C@H]1CC[C@@H](COC(=O)CCN(C)C)O1. The van der Waals surface area contributed by atoms with Crippen molar-refractivity contribution in [3.63, 3.8) is 0 Å². The summed E-state index contributed by atoms with van der Waals surface area (Å²) in [7, 11) is 3.83. The van der Waals surface area contributed by atoms with E-state index in [1.807, 2.05) is 19.0 Å². The fourth-order valence-electron chi connectivity index (χ4n) is 3.55. The zero-order valence-corrected chi connectivity index (χ0v) is 21.7. The fourth-order valence-corrected chi connectivity index (χ4v) is 3.55. The molecule has 0 spiro atoms. The molecule has 0 saturated carbocycles. The van der Waals surface area contributed by atoms with Crippen molar-refractivity contribution in [1.82, 2.24) is 4.90 Å². The van der Waals surface area contributed by atoms with Crippen molar-refractivity contribution >= 4 is 11.9 Å². The highest BCUT2D eigenvalue weighted by Gasteiger charge is 2.28. The number of hydrogen-bond acceptors (Lipinski definition) is 6. The molecule has 0 radical (unpaired) electrons. The average molecular weight is 478 g/mol. The predicted octanol–water partition coefficient (Wildman–Crippen LogP) is 6.12. The minimum atomic E-state index is -0.507. The van der Waals surface area contributed by atoms with Gasteiger partial charge in [0.25, 0.3) is 0 Å². The standard InChI is InChI=1S/C28H47NO5/c1-4-5-6-7-8-9-10-11-12-13-14-15-16-17-18-19-27(31)34-28-21-20-25(33-28)24-32-26(30)22-23-29(2)3/h5-6,8-9,11-12,25,28H,4,7,10,13-24H2,1-3H3/b6-5-,9-8-,12-11-/t25-,28-/m0/s1. The molecule has 0 N–H and O–H groups in total. The lowest BCUT2D eigenvalue weighted by Gasteiger charge is -2.15. The van der Waals surface area contributed by atoms with Crippen LogP contribution in [0, 0.1) is 0 Å². The predicted molar refractivity (Wildman–Crippen MR) is 137 cm³/mol. The Kier molecular flexibility index (Phi) is 18.1. The average Bonchev–Trinajstić information content (AvgIpc) is 3.26. The van der Waals surface area contributed by atoms with E-state index < -0.39 is 6.29 Å². The second-order valence-electron chi connectivity index (χ2n) is 9.09. The number of ether oxygens (including phenoxy) is 3. The molecule has 6 nitrogen and oxygen atoms in total. The second-order valence-corrected chi connectivity index (χ2v) is 9.09. The lowest BCUT2D eigenvalue weighted by molar-refractivity contribution is -0.180. The third-order valence-corrected chi connectivity index (χ3v) is 5.56. The molecule has 0 aromatic carbocycles. The quantitative estimate of drug-likeness (QED) is 0.127. The number of unbranched alkanes of at least 4 members (excludes halogenated alkanes) is 5. The lowest BCUT2D eigenvalue weighted by Crippen LogP contribution is -2.24. The van der Waals surface area contributed by atoms with Crippen molar-refractivity contribution in [3.05, 3.63) is 36.5 Å². The van der Waals surface area contributed by atoms with Crippen LogP contribution in [0.15, 0.2) is 36.5 Å². The van der Waals surface area contributed by atoms with E-state index in [0.717, 1.165) is 51.4 Å². The van der Waals surface area contributed by atoms with Crippen LogP contribution in [0.2, 0.25) is 0 Å². The van der Waals surface area contributed by atoms with E-state index in [-0.39, 0.29) is 24.6 Å². The molecule has 0 aliphatic carbocycles. The van der Waals surface area contributed by atoms with E-state index in [1.165, 1.54) is 12.8 Å². The number of hydrogen-bond donors (Lipinski definition) is 0. The Morgan fingerprint density at radius 3 is 2.26 bits per heavy atom. The molecule has 194 valence electrons. The van der Waals surface area contributed by atoms with Crippen LogP contribution in [0.3, 0.4) is 0 Å². The zero-order chi connectivity index (χ0) is 24.9. The summed E-state index contributed by atoms with van der Waals surface area (Å²) in [6.45, 7) is 3.04. The van der Waals surface area contributed by atoms with Gasteiger partial charge in [-0.25, -0.2) is 0 Å². The van der Waals surface area contributed by atoms with Gasteiger partial charge in [-0.05, 0) is 59.0 Å². The molecular weight excluding hydrogens is 430 g/mol. The molecule has 1 rings (SSSR count). The summed E-state index contributed by atoms with van der Waals surface area (Å²) < 4.78 is 16.4. The van der Waals surface area contributed by atoms with Gasteiger partial charge >= 0.3 is 11.9 Å². The maximum absolute atomic E-state index is 12.0. The first-order valence-corrected chi connectivity index (χ1v) is 13.1. The summed E-state index contributed by atoms with van der Waals surface area (Å²) in [5.41, 5.74) is 0. The van der Waals surface area contributed by atoms with Crippen LogP contribution in [0.25, 0.3) is 0 Å². The first-order valence-electron chi connectivity index (χ1n) is 13.1. The van der Waals surface area contributed by atoms with Gasteiger partial charge in [0.05, 0.1) is 12.5 Å². The van der Waals surface area contributed by atoms with E-state index in [0.29, 0.717) is 25.8 Å². The van der Waals surface area contributed by atoms with Crippen LogP contribution in [0.5, 0.6) is 0 Å². The topological polar surface area (TPSA) is 65.1 Å². The Labute approximate surface area is 207 Å². The summed E-state index contributed by atoms with van der Waals surface area (Å²) in [6.07, 6.45) is 24.5. The van der Waals surface area contributed by atoms with E-state index in [9.17, 15) is 9.59 Å². The van der Waals surface area contributed by atoms with Gasteiger partial charge < -0.3 is 19.1 Å². The third kappa shape index (κ3) is 17.5. The molecule has 0 aromatic heterocycles. The van der Waals surface area contributed by atoms with Gasteiger partial charge in [0.2, 0.25) is 6.29 Å². The van der Waals surface area contributed by atoms with E-state index >= 15 is 0 Å². The molecule has 0 bridgehead atoms. The van der Waals surface area contributed by atoms with Crippen molar-refractivity contribution < 1.29 is 23.8 Å². The Morgan fingerprint density at radius 2 is 1.53 bits per heavy atom. The molecule has 34 heavy (non-hydrogen) atoms. The summed E-state index contributed by atoms with van der Waals surface area (Å²) in [5, 5.41) is 0. The molecule has 0 amide bonds. The summed E-state index contributed by atoms with van der Waals surface area (Å²) >= 11 is 0. The van der Waals surface area contributed by atoms with Crippen LogP contribution in [-0.2, 0) is 23.8 Å². The number of carbonyl (C=O) groups is 2. The largest absolute Gasteiger partial charge is 0.463 e. The number of esters is 2. The van der Waals surface area contributed by atoms with Crippen LogP contribution in [0.4, 0.5) is 0 Å². The van der Waals surface area contributed by atoms with Gasteiger partial charge in [0.1, 0.15) is 6.61 Å². The zero-order valence-electron chi connectivity index (χ0n) is 21.7. The summed E-state index contributed by atoms with van der Waals surface area (Å²) in [6, 6.07) is 0. The highest BCUT2D eigenvalue weighted by Crippen LogP contribution is 2.22. The van der Waals surface area contributed by atoms with Crippen LogP contribution in [-0.4, -0.2) is 56.5 Å². The van der Waals surface area contributed by atoms with Gasteiger partial charge in [-0.3, -0.25) is 9.59 Å². The minimum absolute atomic E-state index is 0.186. The van der Waals surface area contributed by atoms with E-state index in [2.05, 4.69) is 43.4 Å². The molecule has 0 aromatic rings. The van der Waals surface area contributed by atoms with Crippen molar-refractivity contribution in [2.75, 3.05) is 27.2 Å². The van der Waals surface area contributed by atoms with Gasteiger partial charge in [-0.15, -0.1) is 0 Å². The Morgan fingerprint density at radius 1 is 0.853 bits per heavy atom. The third-order valence-electron chi connectivity index (χ3n) is 5.56. The molecule has 1 aliphatic heterocycles. The van der Waals surface area contributed by atoms with Gasteiger partial charge in [0.15, 0.2) is 0 Å². The fraction of sp³-hybridized carbons (Fsp3) is 0.714. The van der Waals surface area contributed by atoms with Crippen molar-refractivity contribution in [2.24, 2.45) is 0 Å².